The molecule has 3 aromatic carbocycles. The maximum atomic E-state index is 13.3. The van der Waals surface area contributed by atoms with Crippen LogP contribution in [0.4, 0.5) is 13.2 Å². The first-order valence-corrected chi connectivity index (χ1v) is 7.76. The summed E-state index contributed by atoms with van der Waals surface area (Å²) < 4.78 is 39.5. The fourth-order valence-electron chi connectivity index (χ4n) is 2.65. The smallest absolute Gasteiger partial charge is 0.194 e. The molecule has 0 N–H and O–H groups in total. The van der Waals surface area contributed by atoms with Gasteiger partial charge in [0.2, 0.25) is 0 Å². The van der Waals surface area contributed by atoms with Gasteiger partial charge in [-0.2, -0.15) is 0 Å². The lowest BCUT2D eigenvalue weighted by molar-refractivity contribution is 0.446. The molecule has 0 fully saturated rings. The van der Waals surface area contributed by atoms with Crippen LogP contribution in [0.15, 0.2) is 48.5 Å². The van der Waals surface area contributed by atoms with E-state index in [0.29, 0.717) is 0 Å². The zero-order valence-electron chi connectivity index (χ0n) is 13.2. The van der Waals surface area contributed by atoms with Gasteiger partial charge < -0.3 is 0 Å². The number of halogens is 3. The molecule has 0 aliphatic heterocycles. The van der Waals surface area contributed by atoms with Crippen molar-refractivity contribution in [1.82, 2.24) is 0 Å². The molecule has 3 aromatic rings. The van der Waals surface area contributed by atoms with Crippen LogP contribution in [-0.4, -0.2) is 0 Å². The van der Waals surface area contributed by atoms with Crippen LogP contribution in [-0.2, 0) is 6.42 Å². The lowest BCUT2D eigenvalue weighted by Gasteiger charge is -2.04. The molecule has 3 heteroatoms. The van der Waals surface area contributed by atoms with E-state index in [9.17, 15) is 13.2 Å². The lowest BCUT2D eigenvalue weighted by Crippen LogP contribution is -1.91. The van der Waals surface area contributed by atoms with Crippen molar-refractivity contribution in [3.8, 4) is 11.8 Å². The van der Waals surface area contributed by atoms with Crippen LogP contribution in [0.2, 0.25) is 0 Å². The van der Waals surface area contributed by atoms with Crippen molar-refractivity contribution < 1.29 is 13.2 Å². The molecule has 0 unspecified atom stereocenters. The van der Waals surface area contributed by atoms with Gasteiger partial charge in [-0.1, -0.05) is 55.5 Å². The van der Waals surface area contributed by atoms with E-state index in [1.54, 1.807) is 0 Å². The highest BCUT2D eigenvalue weighted by Gasteiger charge is 2.09. The Bertz CT molecular complexity index is 939. The molecular weight excluding hydrogens is 309 g/mol. The maximum absolute atomic E-state index is 13.3. The van der Waals surface area contributed by atoms with Crippen molar-refractivity contribution in [3.05, 3.63) is 82.7 Å². The number of aryl methyl sites for hydroxylation is 1. The number of hydrogen-bond donors (Lipinski definition) is 0. The van der Waals surface area contributed by atoms with Gasteiger partial charge in [0.15, 0.2) is 17.5 Å². The third-order valence-corrected chi connectivity index (χ3v) is 3.81. The molecule has 0 nitrogen and oxygen atoms in total. The van der Waals surface area contributed by atoms with Crippen molar-refractivity contribution in [2.24, 2.45) is 0 Å². The normalized spacial score (nSPS) is 10.5. The number of fused-ring (bicyclic) bond motifs is 1. The minimum absolute atomic E-state index is 0.103. The van der Waals surface area contributed by atoms with E-state index >= 15 is 0 Å². The molecule has 24 heavy (non-hydrogen) atoms. The van der Waals surface area contributed by atoms with Gasteiger partial charge in [0.1, 0.15) is 0 Å². The van der Waals surface area contributed by atoms with Crippen LogP contribution in [0.3, 0.4) is 0 Å². The lowest BCUT2D eigenvalue weighted by atomic mass is 10.0. The van der Waals surface area contributed by atoms with E-state index in [4.69, 9.17) is 0 Å². The Kier molecular flexibility index (Phi) is 4.57. The molecule has 0 radical (unpaired) electrons. The van der Waals surface area contributed by atoms with E-state index in [0.717, 1.165) is 41.3 Å². The average Bonchev–Trinajstić information content (AvgIpc) is 2.57. The summed E-state index contributed by atoms with van der Waals surface area (Å²) in [6.45, 7) is 2.13. The Morgan fingerprint density at radius 3 is 2.33 bits per heavy atom. The Balaban J connectivity index is 2.02. The van der Waals surface area contributed by atoms with E-state index in [-0.39, 0.29) is 5.56 Å². The fourth-order valence-corrected chi connectivity index (χ4v) is 2.65. The zero-order valence-corrected chi connectivity index (χ0v) is 13.2. The minimum Gasteiger partial charge on any atom is -0.204 e. The van der Waals surface area contributed by atoms with Crippen LogP contribution in [0.5, 0.6) is 0 Å². The summed E-state index contributed by atoms with van der Waals surface area (Å²) in [5.74, 6) is 1.68. The largest absolute Gasteiger partial charge is 0.204 e. The molecule has 120 valence electrons. The molecular formula is C21H15F3. The summed E-state index contributed by atoms with van der Waals surface area (Å²) >= 11 is 0. The monoisotopic (exact) mass is 324 g/mol. The molecule has 0 saturated carbocycles. The third kappa shape index (κ3) is 3.28. The predicted molar refractivity (Wildman–Crippen MR) is 90.2 cm³/mol. The highest BCUT2D eigenvalue weighted by atomic mass is 19.2. The maximum Gasteiger partial charge on any atom is 0.194 e. The van der Waals surface area contributed by atoms with Gasteiger partial charge in [-0.05, 0) is 41.0 Å². The molecule has 3 rings (SSSR count). The van der Waals surface area contributed by atoms with Crippen molar-refractivity contribution in [3.63, 3.8) is 0 Å². The molecule has 0 amide bonds. The van der Waals surface area contributed by atoms with Crippen LogP contribution in [0.25, 0.3) is 10.8 Å². The summed E-state index contributed by atoms with van der Waals surface area (Å²) in [7, 11) is 0. The van der Waals surface area contributed by atoms with Gasteiger partial charge in [-0.15, -0.1) is 0 Å². The summed E-state index contributed by atoms with van der Waals surface area (Å²) in [5, 5.41) is 2.05. The van der Waals surface area contributed by atoms with Crippen molar-refractivity contribution in [2.75, 3.05) is 0 Å². The molecule has 0 aliphatic rings. The summed E-state index contributed by atoms with van der Waals surface area (Å²) in [6, 6.07) is 13.8. The predicted octanol–water partition coefficient (Wildman–Crippen LogP) is 5.61. The molecule has 0 atom stereocenters. The summed E-state index contributed by atoms with van der Waals surface area (Å²) in [5.41, 5.74) is 2.13. The highest BCUT2D eigenvalue weighted by molar-refractivity contribution is 5.88. The van der Waals surface area contributed by atoms with Crippen LogP contribution in [0, 0.1) is 29.3 Å². The molecule has 0 aromatic heterocycles. The topological polar surface area (TPSA) is 0 Å². The second-order valence-corrected chi connectivity index (χ2v) is 5.61. The van der Waals surface area contributed by atoms with Gasteiger partial charge in [-0.25, -0.2) is 13.2 Å². The first kappa shape index (κ1) is 16.1. The Morgan fingerprint density at radius 1 is 0.875 bits per heavy atom. The Labute approximate surface area is 138 Å². The molecule has 0 bridgehead atoms. The first-order valence-electron chi connectivity index (χ1n) is 7.76. The van der Waals surface area contributed by atoms with Crippen molar-refractivity contribution in [2.45, 2.75) is 19.8 Å². The number of benzene rings is 3. The van der Waals surface area contributed by atoms with Gasteiger partial charge in [0, 0.05) is 11.1 Å². The third-order valence-electron chi connectivity index (χ3n) is 3.81. The van der Waals surface area contributed by atoms with Crippen molar-refractivity contribution >= 4 is 10.8 Å². The van der Waals surface area contributed by atoms with Crippen LogP contribution in [0.1, 0.15) is 30.0 Å². The van der Waals surface area contributed by atoms with Gasteiger partial charge in [-0.3, -0.25) is 0 Å². The first-order chi connectivity index (χ1) is 11.6. The Morgan fingerprint density at radius 2 is 1.62 bits per heavy atom. The molecule has 0 spiro atoms. The standard InChI is InChI=1S/C21H15F3/c1-2-4-14-8-10-18-16(5-3-6-17(18)11-14)9-7-15-12-19(22)21(24)20(23)13-15/h3,5-6,8,10-13H,2,4H2,1H3. The molecule has 0 saturated heterocycles. The number of rotatable bonds is 2. The van der Waals surface area contributed by atoms with Crippen LogP contribution >= 0.6 is 0 Å². The Hall–Kier alpha value is -2.73. The number of hydrogen-bond acceptors (Lipinski definition) is 0. The zero-order chi connectivity index (χ0) is 17.1. The summed E-state index contributed by atoms with van der Waals surface area (Å²) in [4.78, 5) is 0. The van der Waals surface area contributed by atoms with Crippen LogP contribution < -0.4 is 0 Å². The van der Waals surface area contributed by atoms with E-state index < -0.39 is 17.5 Å². The second kappa shape index (κ2) is 6.80. The second-order valence-electron chi connectivity index (χ2n) is 5.61. The van der Waals surface area contributed by atoms with Crippen molar-refractivity contribution in [1.29, 1.82) is 0 Å². The van der Waals surface area contributed by atoms with Gasteiger partial charge in [0.25, 0.3) is 0 Å². The van der Waals surface area contributed by atoms with Gasteiger partial charge >= 0.3 is 0 Å². The quantitative estimate of drug-likeness (QED) is 0.424. The summed E-state index contributed by atoms with van der Waals surface area (Å²) in [6.07, 6.45) is 2.09. The highest BCUT2D eigenvalue weighted by Crippen LogP contribution is 2.21. The van der Waals surface area contributed by atoms with Gasteiger partial charge in [0.05, 0.1) is 0 Å². The van der Waals surface area contributed by atoms with E-state index in [2.05, 4.69) is 30.9 Å². The van der Waals surface area contributed by atoms with E-state index in [1.807, 2.05) is 24.3 Å². The molecule has 0 heterocycles. The van der Waals surface area contributed by atoms with E-state index in [1.165, 1.54) is 5.56 Å². The molecule has 0 aliphatic carbocycles. The fraction of sp³-hybridized carbons (Fsp3) is 0.143. The average molecular weight is 324 g/mol. The SMILES string of the molecule is CCCc1ccc2c(C#Cc3cc(F)c(F)c(F)c3)cccc2c1. The minimum atomic E-state index is -1.48.